The fraction of sp³-hybridized carbons (Fsp3) is 0.273. The first-order chi connectivity index (χ1) is 12.7. The molecule has 0 bridgehead atoms. The molecular formula is C22H26N4. The summed E-state index contributed by atoms with van der Waals surface area (Å²) in [4.78, 5) is 11.3. The molecule has 2 aromatic carbocycles. The lowest BCUT2D eigenvalue weighted by Crippen LogP contribution is -2.23. The fourth-order valence-corrected chi connectivity index (χ4v) is 2.82. The van der Waals surface area contributed by atoms with Crippen molar-refractivity contribution < 1.29 is 0 Å². The first-order valence-corrected chi connectivity index (χ1v) is 9.14. The summed E-state index contributed by atoms with van der Waals surface area (Å²) < 4.78 is 0. The smallest absolute Gasteiger partial charge is 0.229 e. The van der Waals surface area contributed by atoms with Gasteiger partial charge in [-0.3, -0.25) is 0 Å². The molecule has 3 aromatic rings. The summed E-state index contributed by atoms with van der Waals surface area (Å²) in [5, 5.41) is 3.30. The van der Waals surface area contributed by atoms with E-state index in [-0.39, 0.29) is 0 Å². The highest BCUT2D eigenvalue weighted by atomic mass is 15.2. The maximum Gasteiger partial charge on any atom is 0.229 e. The highest BCUT2D eigenvalue weighted by Crippen LogP contribution is 2.21. The number of nitrogens with one attached hydrogen (secondary N) is 1. The van der Waals surface area contributed by atoms with Crippen molar-refractivity contribution in [2.45, 2.75) is 33.2 Å². The van der Waals surface area contributed by atoms with E-state index in [0.717, 1.165) is 24.6 Å². The lowest BCUT2D eigenvalue weighted by Gasteiger charge is -2.22. The average Bonchev–Trinajstić information content (AvgIpc) is 2.67. The molecule has 0 unspecified atom stereocenters. The predicted molar refractivity (Wildman–Crippen MR) is 109 cm³/mol. The van der Waals surface area contributed by atoms with Gasteiger partial charge in [-0.1, -0.05) is 56.3 Å². The number of hydrogen-bond donors (Lipinski definition) is 1. The van der Waals surface area contributed by atoms with Gasteiger partial charge in [0.2, 0.25) is 5.95 Å². The summed E-state index contributed by atoms with van der Waals surface area (Å²) in [5.41, 5.74) is 3.59. The van der Waals surface area contributed by atoms with Crippen molar-refractivity contribution in [3.8, 4) is 0 Å². The van der Waals surface area contributed by atoms with E-state index in [2.05, 4.69) is 84.5 Å². The van der Waals surface area contributed by atoms with Gasteiger partial charge in [-0.2, -0.15) is 4.98 Å². The van der Waals surface area contributed by atoms with Crippen LogP contribution in [0.15, 0.2) is 66.9 Å². The minimum absolute atomic E-state index is 0.528. The fourth-order valence-electron chi connectivity index (χ4n) is 2.82. The van der Waals surface area contributed by atoms with Crippen LogP contribution >= 0.6 is 0 Å². The van der Waals surface area contributed by atoms with Crippen LogP contribution in [0.5, 0.6) is 0 Å². The molecule has 0 aliphatic carbocycles. The van der Waals surface area contributed by atoms with Gasteiger partial charge in [0.05, 0.1) is 0 Å². The molecular weight excluding hydrogens is 320 g/mol. The zero-order chi connectivity index (χ0) is 18.4. The molecule has 1 N–H and O–H groups in total. The Bertz CT molecular complexity index is 813. The van der Waals surface area contributed by atoms with Crippen molar-refractivity contribution in [1.82, 2.24) is 9.97 Å². The molecule has 0 saturated heterocycles. The molecule has 0 saturated carbocycles. The molecule has 0 aliphatic rings. The Morgan fingerprint density at radius 3 is 2.35 bits per heavy atom. The largest absolute Gasteiger partial charge is 0.352 e. The van der Waals surface area contributed by atoms with E-state index in [1.807, 2.05) is 12.1 Å². The van der Waals surface area contributed by atoms with Crippen molar-refractivity contribution in [3.63, 3.8) is 0 Å². The molecule has 1 heterocycles. The van der Waals surface area contributed by atoms with Crippen molar-refractivity contribution in [2.24, 2.45) is 0 Å². The molecule has 0 aliphatic heterocycles. The first-order valence-electron chi connectivity index (χ1n) is 9.14. The Hall–Kier alpha value is -2.88. The highest BCUT2D eigenvalue weighted by molar-refractivity contribution is 5.55. The van der Waals surface area contributed by atoms with Crippen LogP contribution in [0.2, 0.25) is 0 Å². The number of benzene rings is 2. The summed E-state index contributed by atoms with van der Waals surface area (Å²) in [7, 11) is 0. The Morgan fingerprint density at radius 1 is 0.962 bits per heavy atom. The van der Waals surface area contributed by atoms with E-state index in [9.17, 15) is 0 Å². The zero-order valence-electron chi connectivity index (χ0n) is 15.7. The Labute approximate surface area is 155 Å². The number of nitrogens with zero attached hydrogens (tertiary/aromatic N) is 3. The van der Waals surface area contributed by atoms with Gasteiger partial charge < -0.3 is 10.2 Å². The SMILES string of the molecule is CCN(Cc1ccccc1)c1ccnc(Nc2ccc(C(C)C)cc2)n1. The minimum Gasteiger partial charge on any atom is -0.352 e. The van der Waals surface area contributed by atoms with E-state index >= 15 is 0 Å². The molecule has 134 valence electrons. The lowest BCUT2D eigenvalue weighted by atomic mass is 10.0. The number of aromatic nitrogens is 2. The van der Waals surface area contributed by atoms with E-state index in [4.69, 9.17) is 4.98 Å². The van der Waals surface area contributed by atoms with Crippen LogP contribution in [0.3, 0.4) is 0 Å². The van der Waals surface area contributed by atoms with Crippen molar-refractivity contribution in [1.29, 1.82) is 0 Å². The van der Waals surface area contributed by atoms with Gasteiger partial charge in [-0.05, 0) is 42.2 Å². The molecule has 0 spiro atoms. The molecule has 0 radical (unpaired) electrons. The molecule has 26 heavy (non-hydrogen) atoms. The third-order valence-corrected chi connectivity index (χ3v) is 4.40. The lowest BCUT2D eigenvalue weighted by molar-refractivity contribution is 0.811. The number of hydrogen-bond acceptors (Lipinski definition) is 4. The predicted octanol–water partition coefficient (Wildman–Crippen LogP) is 5.37. The minimum atomic E-state index is 0.528. The van der Waals surface area contributed by atoms with Crippen LogP contribution in [0, 0.1) is 0 Å². The van der Waals surface area contributed by atoms with Crippen LogP contribution in [0.1, 0.15) is 37.8 Å². The van der Waals surface area contributed by atoms with Gasteiger partial charge in [0.1, 0.15) is 5.82 Å². The topological polar surface area (TPSA) is 41.1 Å². The monoisotopic (exact) mass is 346 g/mol. The normalized spacial score (nSPS) is 10.8. The van der Waals surface area contributed by atoms with Crippen molar-refractivity contribution in [2.75, 3.05) is 16.8 Å². The van der Waals surface area contributed by atoms with Gasteiger partial charge in [0.15, 0.2) is 0 Å². The van der Waals surface area contributed by atoms with Gasteiger partial charge in [0, 0.05) is 25.0 Å². The molecule has 4 heteroatoms. The highest BCUT2D eigenvalue weighted by Gasteiger charge is 2.09. The van der Waals surface area contributed by atoms with E-state index < -0.39 is 0 Å². The van der Waals surface area contributed by atoms with Crippen LogP contribution in [-0.2, 0) is 6.54 Å². The van der Waals surface area contributed by atoms with Gasteiger partial charge in [-0.25, -0.2) is 4.98 Å². The maximum atomic E-state index is 4.70. The Balaban J connectivity index is 1.74. The van der Waals surface area contributed by atoms with Crippen LogP contribution < -0.4 is 10.2 Å². The summed E-state index contributed by atoms with van der Waals surface area (Å²) in [5.74, 6) is 2.07. The van der Waals surface area contributed by atoms with Gasteiger partial charge in [-0.15, -0.1) is 0 Å². The van der Waals surface area contributed by atoms with Gasteiger partial charge >= 0.3 is 0 Å². The Kier molecular flexibility index (Phi) is 5.84. The second-order valence-electron chi connectivity index (χ2n) is 6.64. The van der Waals surface area contributed by atoms with Crippen molar-refractivity contribution >= 4 is 17.5 Å². The van der Waals surface area contributed by atoms with Crippen molar-refractivity contribution in [3.05, 3.63) is 78.0 Å². The van der Waals surface area contributed by atoms with Crippen LogP contribution in [0.25, 0.3) is 0 Å². The molecule has 0 amide bonds. The maximum absolute atomic E-state index is 4.70. The average molecular weight is 346 g/mol. The third kappa shape index (κ3) is 4.60. The van der Waals surface area contributed by atoms with E-state index in [0.29, 0.717) is 11.9 Å². The molecule has 0 fully saturated rings. The quantitative estimate of drug-likeness (QED) is 0.624. The third-order valence-electron chi connectivity index (χ3n) is 4.40. The summed E-state index contributed by atoms with van der Waals surface area (Å²) in [6.45, 7) is 8.25. The van der Waals surface area contributed by atoms with Crippen LogP contribution in [0.4, 0.5) is 17.5 Å². The zero-order valence-corrected chi connectivity index (χ0v) is 15.7. The molecule has 1 aromatic heterocycles. The second-order valence-corrected chi connectivity index (χ2v) is 6.64. The Morgan fingerprint density at radius 2 is 1.69 bits per heavy atom. The second kappa shape index (κ2) is 8.48. The van der Waals surface area contributed by atoms with Gasteiger partial charge in [0.25, 0.3) is 0 Å². The van der Waals surface area contributed by atoms with Crippen LogP contribution in [-0.4, -0.2) is 16.5 Å². The first kappa shape index (κ1) is 17.9. The number of rotatable bonds is 7. The summed E-state index contributed by atoms with van der Waals surface area (Å²) in [6.07, 6.45) is 1.81. The molecule has 4 nitrogen and oxygen atoms in total. The van der Waals surface area contributed by atoms with E-state index in [1.165, 1.54) is 11.1 Å². The van der Waals surface area contributed by atoms with E-state index in [1.54, 1.807) is 6.20 Å². The molecule has 0 atom stereocenters. The number of anilines is 3. The summed E-state index contributed by atoms with van der Waals surface area (Å²) >= 11 is 0. The summed E-state index contributed by atoms with van der Waals surface area (Å²) in [6, 6.07) is 20.8. The molecule has 3 rings (SSSR count). The standard InChI is InChI=1S/C22H26N4/c1-4-26(16-18-8-6-5-7-9-18)21-14-15-23-22(25-21)24-20-12-10-19(11-13-20)17(2)3/h5-15,17H,4,16H2,1-3H3,(H,23,24,25).